The van der Waals surface area contributed by atoms with Crippen molar-refractivity contribution in [3.8, 4) is 0 Å². The minimum atomic E-state index is -5.72. The predicted molar refractivity (Wildman–Crippen MR) is 225 cm³/mol. The molecule has 38 nitrogen and oxygen atoms in total. The molecule has 5 aliphatic rings. The van der Waals surface area contributed by atoms with Crippen LogP contribution in [0.1, 0.15) is 20.8 Å². The van der Waals surface area contributed by atoms with Crippen LogP contribution in [0.5, 0.6) is 0 Å². The summed E-state index contributed by atoms with van der Waals surface area (Å²) in [6.45, 7) is -0.0372. The van der Waals surface area contributed by atoms with E-state index >= 15 is 0 Å². The third-order valence-corrected chi connectivity index (χ3v) is 14.0. The highest BCUT2D eigenvalue weighted by molar-refractivity contribution is 7.81. The molecule has 74 heavy (non-hydrogen) atoms. The van der Waals surface area contributed by atoms with Gasteiger partial charge in [-0.1, -0.05) is 0 Å². The molecule has 0 bridgehead atoms. The second kappa shape index (κ2) is 24.6. The number of aliphatic hydroxyl groups is 6. The highest BCUT2D eigenvalue weighted by Gasteiger charge is 2.57. The molecule has 17 N–H and O–H groups in total. The first-order valence-corrected chi connectivity index (χ1v) is 28.0. The van der Waals surface area contributed by atoms with Gasteiger partial charge in [0.05, 0.1) is 56.3 Å². The molecule has 10 unspecified atom stereocenters. The van der Waals surface area contributed by atoms with Crippen LogP contribution < -0.4 is 17.2 Å². The minimum Gasteiger partial charge on any atom is -0.389 e. The molecule has 0 radical (unpaired) electrons. The van der Waals surface area contributed by atoms with Gasteiger partial charge in [-0.25, -0.2) is 20.9 Å². The van der Waals surface area contributed by atoms with Crippen LogP contribution in [0.4, 0.5) is 0 Å². The predicted octanol–water partition coefficient (Wildman–Crippen LogP) is -9.76. The van der Waals surface area contributed by atoms with Crippen molar-refractivity contribution < 1.29 is 159 Å². The van der Waals surface area contributed by atoms with Crippen molar-refractivity contribution in [2.45, 2.75) is 174 Å². The summed E-state index contributed by atoms with van der Waals surface area (Å²) in [6, 6.07) is -5.18. The third kappa shape index (κ3) is 16.8. The fourth-order valence-corrected chi connectivity index (χ4v) is 10.1. The number of ether oxygens (including phenoxy) is 9. The van der Waals surface area contributed by atoms with Crippen molar-refractivity contribution in [2.75, 3.05) is 19.8 Å². The first kappa shape index (κ1) is 63.5. The molecule has 0 aromatic carbocycles. The highest BCUT2D eigenvalue weighted by Crippen LogP contribution is 2.37. The molecule has 0 spiro atoms. The normalized spacial score (nSPS) is 44.3. The summed E-state index contributed by atoms with van der Waals surface area (Å²) < 4.78 is 238. The van der Waals surface area contributed by atoms with Crippen molar-refractivity contribution in [1.29, 1.82) is 0 Å². The van der Waals surface area contributed by atoms with Gasteiger partial charge in [0.1, 0.15) is 85.5 Å². The van der Waals surface area contributed by atoms with E-state index in [1.54, 1.807) is 0 Å². The summed E-state index contributed by atoms with van der Waals surface area (Å²) >= 11 is 0. The van der Waals surface area contributed by atoms with E-state index in [2.05, 4.69) is 16.7 Å². The Bertz CT molecular complexity index is 2450. The van der Waals surface area contributed by atoms with Gasteiger partial charge in [0.15, 0.2) is 31.3 Å². The molecule has 5 fully saturated rings. The summed E-state index contributed by atoms with van der Waals surface area (Å²) in [7, 11) is -27.1. The number of hydrogen-bond acceptors (Lipinski definition) is 33. The van der Waals surface area contributed by atoms with E-state index in [1.165, 1.54) is 6.92 Å². The van der Waals surface area contributed by atoms with Crippen molar-refractivity contribution in [3.63, 3.8) is 0 Å². The van der Waals surface area contributed by atoms with Crippen LogP contribution in [0.25, 0.3) is 0 Å². The number of nitrogens with two attached hydrogens (primary N) is 3. The van der Waals surface area contributed by atoms with Crippen LogP contribution in [-0.2, 0) is 116 Å². The van der Waals surface area contributed by atoms with Crippen LogP contribution in [0.2, 0.25) is 0 Å². The highest BCUT2D eigenvalue weighted by atomic mass is 32.3. The Morgan fingerprint density at radius 2 is 0.757 bits per heavy atom. The smallest absolute Gasteiger partial charge is 0.389 e. The van der Waals surface area contributed by atoms with Gasteiger partial charge in [-0.15, -0.1) is 0 Å². The molecular formula is C31H57N3O35S5. The van der Waals surface area contributed by atoms with Crippen LogP contribution in [0.3, 0.4) is 0 Å². The van der Waals surface area contributed by atoms with Gasteiger partial charge in [0.25, 0.3) is 0 Å². The fourth-order valence-electron chi connectivity index (χ4n) is 8.20. The zero-order valence-electron chi connectivity index (χ0n) is 38.0. The quantitative estimate of drug-likeness (QED) is 0.0475. The minimum absolute atomic E-state index is 1.05. The molecule has 0 saturated carbocycles. The largest absolute Gasteiger partial charge is 0.397 e. The molecule has 5 saturated heterocycles. The van der Waals surface area contributed by atoms with Crippen molar-refractivity contribution in [2.24, 2.45) is 17.2 Å². The zero-order chi connectivity index (χ0) is 56.0. The van der Waals surface area contributed by atoms with Gasteiger partial charge in [0, 0.05) is 0 Å². The maximum atomic E-state index is 12.3. The van der Waals surface area contributed by atoms with E-state index < -0.39 is 225 Å². The number of hydrogen-bond donors (Lipinski definition) is 14. The topological polar surface area (TPSA) is 601 Å². The summed E-state index contributed by atoms with van der Waals surface area (Å²) in [5.41, 5.74) is 18.2. The van der Waals surface area contributed by atoms with Crippen molar-refractivity contribution >= 4 is 52.0 Å². The van der Waals surface area contributed by atoms with Gasteiger partial charge < -0.3 is 90.5 Å². The summed E-state index contributed by atoms with van der Waals surface area (Å²) in [5.74, 6) is 0. The van der Waals surface area contributed by atoms with Crippen molar-refractivity contribution in [3.05, 3.63) is 0 Å². The zero-order valence-corrected chi connectivity index (χ0v) is 42.1. The number of aliphatic hydroxyl groups excluding tert-OH is 6. The summed E-state index contributed by atoms with van der Waals surface area (Å²) in [4.78, 5) is 0. The average molecular weight is 1190 g/mol. The first-order valence-electron chi connectivity index (χ1n) is 21.2. The molecule has 0 aromatic heterocycles. The Kier molecular flexibility index (Phi) is 21.1. The van der Waals surface area contributed by atoms with Crippen LogP contribution in [0.15, 0.2) is 0 Å². The lowest BCUT2D eigenvalue weighted by molar-refractivity contribution is -0.372. The second-order valence-corrected chi connectivity index (χ2v) is 22.4. The van der Waals surface area contributed by atoms with Crippen LogP contribution in [0, 0.1) is 0 Å². The summed E-state index contributed by atoms with van der Waals surface area (Å²) in [5, 5.41) is 65.9. The van der Waals surface area contributed by atoms with Crippen molar-refractivity contribution in [1.82, 2.24) is 0 Å². The maximum absolute atomic E-state index is 12.3. The number of rotatable bonds is 21. The standard InChI is InChI=1S/C31H57N3O35S5/c1-7-13(32)18(37)24(11(59-7)5-57-71(44,45)46)66-31-27(69-74(53,54)55)21(40)23(9(3)61-31)65-29-15(34)26(68-73(50,51)52)25(12(63-29)6-58-72(47,48)49)67-30-20(39)19(38)22(8(2)60-30)64-28-14(33)17(36)16(35)10(62-28)4-56-70(41,42)43/h7-31,35-40H,4-6,32-34H2,1-3H3,(H,41,42,43)(H,44,45,46)(H,47,48,49)(H,50,51,52)(H,53,54,55)/t7-,8?,9?,10?,11?,12?,13?,14?,15?,16+,17+,18+,19+,20?,21?,22+,23+,24+,25+,26+,27-,28-,29-,30-,31-/m0/s1. The lowest BCUT2D eigenvalue weighted by Crippen LogP contribution is -2.69. The Morgan fingerprint density at radius 1 is 0.351 bits per heavy atom. The average Bonchev–Trinajstić information content (AvgIpc) is 3.25. The summed E-state index contributed by atoms with van der Waals surface area (Å²) in [6.07, 6.45) is -44.1. The van der Waals surface area contributed by atoms with Gasteiger partial charge in [-0.2, -0.15) is 42.1 Å². The molecule has 5 aliphatic heterocycles. The van der Waals surface area contributed by atoms with E-state index in [4.69, 9.17) is 73.1 Å². The molecular weight excluding hydrogens is 1130 g/mol. The molecule has 0 amide bonds. The van der Waals surface area contributed by atoms with Crippen LogP contribution in [-0.4, -0.2) is 268 Å². The maximum Gasteiger partial charge on any atom is 0.397 e. The van der Waals surface area contributed by atoms with Crippen LogP contribution >= 0.6 is 0 Å². The molecule has 25 atom stereocenters. The second-order valence-electron chi connectivity index (χ2n) is 17.1. The Labute approximate surface area is 420 Å². The lowest BCUT2D eigenvalue weighted by atomic mass is 9.93. The Balaban J connectivity index is 1.40. The van der Waals surface area contributed by atoms with Gasteiger partial charge in [0.2, 0.25) is 0 Å². The van der Waals surface area contributed by atoms with Gasteiger partial charge in [-0.3, -0.25) is 22.8 Å². The molecule has 436 valence electrons. The van der Waals surface area contributed by atoms with E-state index in [0.717, 1.165) is 13.8 Å². The van der Waals surface area contributed by atoms with Gasteiger partial charge >= 0.3 is 52.0 Å². The molecule has 5 rings (SSSR count). The van der Waals surface area contributed by atoms with Gasteiger partial charge in [-0.05, 0) is 20.8 Å². The molecule has 0 aliphatic carbocycles. The van der Waals surface area contributed by atoms with E-state index in [0.29, 0.717) is 0 Å². The van der Waals surface area contributed by atoms with E-state index in [-0.39, 0.29) is 0 Å². The van der Waals surface area contributed by atoms with E-state index in [9.17, 15) is 86.4 Å². The van der Waals surface area contributed by atoms with E-state index in [1.807, 2.05) is 0 Å². The fraction of sp³-hybridized carbons (Fsp3) is 1.00. The monoisotopic (exact) mass is 1190 g/mol. The lowest BCUT2D eigenvalue weighted by Gasteiger charge is -2.50. The molecule has 5 heterocycles. The third-order valence-electron chi connectivity index (χ3n) is 11.8. The molecule has 43 heteroatoms. The first-order chi connectivity index (χ1) is 33.8. The molecule has 0 aromatic rings. The SMILES string of the molecule is CC1O[C@@H](O[C@@H]2C(COS(=O)(=O)O)O[C@@H](C)C(N)[C@H]2O)[C@@H](OS(=O)(=O)O)C(O)[C@@H]1O[C@@H]1OC(COS(=O)(=O)O)[C@@H](O[C@@H]2OC(C)[C@@H](O[C@@H]3OC(COS(=O)(=O)O)[C@@H](O)[C@H](O)C3N)[C@H](O)C2O)[C@H](OS(=O)(=O)O)C1N. The Hall–Kier alpha value is -1.37. The Morgan fingerprint density at radius 3 is 1.26 bits per heavy atom.